The number of halogens is 1. The van der Waals surface area contributed by atoms with E-state index in [1.807, 2.05) is 0 Å². The normalized spacial score (nSPS) is 12.5. The van der Waals surface area contributed by atoms with Crippen LogP contribution in [0.1, 0.15) is 18.5 Å². The van der Waals surface area contributed by atoms with Crippen LogP contribution in [0.2, 0.25) is 5.02 Å². The van der Waals surface area contributed by atoms with Crippen molar-refractivity contribution in [2.45, 2.75) is 13.0 Å². The van der Waals surface area contributed by atoms with Crippen molar-refractivity contribution in [3.8, 4) is 5.75 Å². The molecule has 1 unspecified atom stereocenters. The molecule has 0 aromatic heterocycles. The van der Waals surface area contributed by atoms with E-state index < -0.39 is 6.04 Å². The molecular weight excluding hydrogens is 178 g/mol. The quantitative estimate of drug-likeness (QED) is 0.721. The summed E-state index contributed by atoms with van der Waals surface area (Å²) < 4.78 is 0. The molecule has 0 amide bonds. The molecule has 0 aliphatic rings. The lowest BCUT2D eigenvalue weighted by molar-refractivity contribution is 0.475. The number of nitrogens with zero attached hydrogens (tertiary/aromatic N) is 1. The molecule has 3 nitrogen and oxygen atoms in total. The second kappa shape index (κ2) is 3.54. The SMILES string of the molecule is CC(N=O)c1ccc(O)cc1Cl. The van der Waals surface area contributed by atoms with Gasteiger partial charge in [0.25, 0.3) is 0 Å². The van der Waals surface area contributed by atoms with Gasteiger partial charge in [0.05, 0.1) is 0 Å². The van der Waals surface area contributed by atoms with Crippen LogP contribution in [0, 0.1) is 4.91 Å². The molecule has 1 atom stereocenters. The molecule has 0 heterocycles. The highest BCUT2D eigenvalue weighted by Crippen LogP contribution is 2.28. The number of benzene rings is 1. The minimum atomic E-state index is -0.474. The second-order valence-corrected chi connectivity index (χ2v) is 2.89. The van der Waals surface area contributed by atoms with E-state index in [1.165, 1.54) is 12.1 Å². The first-order valence-electron chi connectivity index (χ1n) is 3.46. The highest BCUT2D eigenvalue weighted by molar-refractivity contribution is 6.31. The molecule has 0 saturated carbocycles. The molecule has 0 aliphatic heterocycles. The first-order chi connectivity index (χ1) is 5.65. The van der Waals surface area contributed by atoms with Crippen LogP contribution in [0.4, 0.5) is 0 Å². The van der Waals surface area contributed by atoms with Gasteiger partial charge in [0.2, 0.25) is 0 Å². The van der Waals surface area contributed by atoms with Gasteiger partial charge in [-0.3, -0.25) is 0 Å². The number of phenols is 1. The summed E-state index contributed by atoms with van der Waals surface area (Å²) in [5, 5.41) is 12.2. The number of phenolic OH excluding ortho intramolecular Hbond substituents is 1. The van der Waals surface area contributed by atoms with Crippen molar-refractivity contribution in [3.63, 3.8) is 0 Å². The number of nitroso groups, excluding NO2 is 1. The van der Waals surface area contributed by atoms with Crippen LogP contribution in [0.5, 0.6) is 5.75 Å². The largest absolute Gasteiger partial charge is 0.508 e. The molecule has 0 spiro atoms. The van der Waals surface area contributed by atoms with E-state index in [0.717, 1.165) is 0 Å². The molecule has 4 heteroatoms. The number of rotatable bonds is 2. The molecular formula is C8H8ClNO2. The van der Waals surface area contributed by atoms with E-state index in [2.05, 4.69) is 5.18 Å². The van der Waals surface area contributed by atoms with Crippen LogP contribution in [-0.2, 0) is 0 Å². The van der Waals surface area contributed by atoms with Crippen LogP contribution < -0.4 is 0 Å². The van der Waals surface area contributed by atoms with Gasteiger partial charge in [-0.1, -0.05) is 22.8 Å². The Kier molecular flexibility index (Phi) is 2.65. The zero-order valence-corrected chi connectivity index (χ0v) is 7.25. The van der Waals surface area contributed by atoms with Crippen molar-refractivity contribution in [1.29, 1.82) is 0 Å². The van der Waals surface area contributed by atoms with Crippen LogP contribution >= 0.6 is 11.6 Å². The number of hydrogen-bond donors (Lipinski definition) is 1. The summed E-state index contributed by atoms with van der Waals surface area (Å²) in [7, 11) is 0. The summed E-state index contributed by atoms with van der Waals surface area (Å²) in [6, 6.07) is 3.98. The third kappa shape index (κ3) is 1.74. The highest BCUT2D eigenvalue weighted by Gasteiger charge is 2.09. The molecule has 12 heavy (non-hydrogen) atoms. The first kappa shape index (κ1) is 9.00. The zero-order chi connectivity index (χ0) is 9.14. The molecule has 0 fully saturated rings. The van der Waals surface area contributed by atoms with E-state index >= 15 is 0 Å². The minimum absolute atomic E-state index is 0.0850. The van der Waals surface area contributed by atoms with Gasteiger partial charge in [-0.25, -0.2) is 0 Å². The van der Waals surface area contributed by atoms with E-state index in [4.69, 9.17) is 16.7 Å². The monoisotopic (exact) mass is 185 g/mol. The molecule has 1 rings (SSSR count). The Bertz CT molecular complexity index is 301. The summed E-state index contributed by atoms with van der Waals surface area (Å²) in [5.41, 5.74) is 0.629. The zero-order valence-electron chi connectivity index (χ0n) is 6.49. The summed E-state index contributed by atoms with van der Waals surface area (Å²) in [6.07, 6.45) is 0. The Morgan fingerprint density at radius 3 is 2.75 bits per heavy atom. The lowest BCUT2D eigenvalue weighted by atomic mass is 10.1. The van der Waals surface area contributed by atoms with Gasteiger partial charge in [-0.2, -0.15) is 4.91 Å². The Balaban J connectivity index is 3.09. The lowest BCUT2D eigenvalue weighted by Gasteiger charge is -2.05. The van der Waals surface area contributed by atoms with Gasteiger partial charge in [0.15, 0.2) is 0 Å². The van der Waals surface area contributed by atoms with Crippen LogP contribution in [0.25, 0.3) is 0 Å². The molecule has 0 aliphatic carbocycles. The summed E-state index contributed by atoms with van der Waals surface area (Å²) in [4.78, 5) is 10.2. The average molecular weight is 186 g/mol. The van der Waals surface area contributed by atoms with Crippen molar-refractivity contribution < 1.29 is 5.11 Å². The predicted molar refractivity (Wildman–Crippen MR) is 47.3 cm³/mol. The molecule has 0 bridgehead atoms. The molecule has 1 N–H and O–H groups in total. The maximum Gasteiger partial charge on any atom is 0.117 e. The van der Waals surface area contributed by atoms with Gasteiger partial charge in [0, 0.05) is 5.02 Å². The van der Waals surface area contributed by atoms with E-state index in [1.54, 1.807) is 13.0 Å². The van der Waals surface area contributed by atoms with Gasteiger partial charge in [0.1, 0.15) is 11.8 Å². The van der Waals surface area contributed by atoms with E-state index in [-0.39, 0.29) is 5.75 Å². The topological polar surface area (TPSA) is 49.7 Å². The smallest absolute Gasteiger partial charge is 0.117 e. The number of aromatic hydroxyl groups is 1. The summed E-state index contributed by atoms with van der Waals surface area (Å²) in [6.45, 7) is 1.64. The van der Waals surface area contributed by atoms with Crippen molar-refractivity contribution >= 4 is 11.6 Å². The van der Waals surface area contributed by atoms with Crippen LogP contribution in [0.15, 0.2) is 23.4 Å². The van der Waals surface area contributed by atoms with Crippen LogP contribution in [0.3, 0.4) is 0 Å². The van der Waals surface area contributed by atoms with E-state index in [0.29, 0.717) is 10.6 Å². The second-order valence-electron chi connectivity index (χ2n) is 2.49. The Morgan fingerprint density at radius 2 is 2.25 bits per heavy atom. The molecule has 64 valence electrons. The highest BCUT2D eigenvalue weighted by atomic mass is 35.5. The Labute approximate surface area is 75.0 Å². The lowest BCUT2D eigenvalue weighted by Crippen LogP contribution is -1.88. The van der Waals surface area contributed by atoms with Gasteiger partial charge < -0.3 is 5.11 Å². The van der Waals surface area contributed by atoms with Crippen molar-refractivity contribution in [1.82, 2.24) is 0 Å². The first-order valence-corrected chi connectivity index (χ1v) is 3.84. The summed E-state index contributed by atoms with van der Waals surface area (Å²) >= 11 is 5.74. The third-order valence-corrected chi connectivity index (χ3v) is 1.92. The molecule has 0 saturated heterocycles. The van der Waals surface area contributed by atoms with Gasteiger partial charge >= 0.3 is 0 Å². The predicted octanol–water partition coefficient (Wildman–Crippen LogP) is 2.87. The Morgan fingerprint density at radius 1 is 1.58 bits per heavy atom. The maximum atomic E-state index is 10.2. The average Bonchev–Trinajstić information content (AvgIpc) is 2.03. The van der Waals surface area contributed by atoms with Crippen molar-refractivity contribution in [2.75, 3.05) is 0 Å². The Hall–Kier alpha value is -1.09. The standard InChI is InChI=1S/C8H8ClNO2/c1-5(10-12)7-3-2-6(11)4-8(7)9/h2-5,11H,1H3. The maximum absolute atomic E-state index is 10.2. The van der Waals surface area contributed by atoms with Crippen molar-refractivity contribution in [3.05, 3.63) is 33.7 Å². The molecule has 1 aromatic carbocycles. The van der Waals surface area contributed by atoms with Crippen molar-refractivity contribution in [2.24, 2.45) is 5.18 Å². The fourth-order valence-corrected chi connectivity index (χ4v) is 1.24. The van der Waals surface area contributed by atoms with Gasteiger partial charge in [-0.05, 0) is 24.6 Å². The third-order valence-electron chi connectivity index (χ3n) is 1.59. The minimum Gasteiger partial charge on any atom is -0.508 e. The molecule has 1 aromatic rings. The van der Waals surface area contributed by atoms with Crippen LogP contribution in [-0.4, -0.2) is 5.11 Å². The van der Waals surface area contributed by atoms with E-state index in [9.17, 15) is 4.91 Å². The fraction of sp³-hybridized carbons (Fsp3) is 0.250. The summed E-state index contributed by atoms with van der Waals surface area (Å²) in [5.74, 6) is 0.0850. The fourth-order valence-electron chi connectivity index (χ4n) is 0.912. The molecule has 0 radical (unpaired) electrons. The number of hydrogen-bond acceptors (Lipinski definition) is 3. The van der Waals surface area contributed by atoms with Gasteiger partial charge in [-0.15, -0.1) is 0 Å².